The van der Waals surface area contributed by atoms with E-state index in [1.165, 1.54) is 24.3 Å². The molecule has 17 heavy (non-hydrogen) atoms. The SMILES string of the molecule is [2H]C([2H])([2H])N(C(=O)COC(=O)Cc1ccc(O)cc1)C([2H])([2H])[2H]. The molecule has 0 aliphatic heterocycles. The molecule has 1 aromatic carbocycles. The lowest BCUT2D eigenvalue weighted by atomic mass is 10.1. The number of esters is 1. The molecular formula is C12H15NO4. The van der Waals surface area contributed by atoms with Crippen LogP contribution < -0.4 is 0 Å². The average molecular weight is 243 g/mol. The zero-order valence-electron chi connectivity index (χ0n) is 14.8. The number of carbonyl (C=O) groups is 2. The predicted molar refractivity (Wildman–Crippen MR) is 61.5 cm³/mol. The number of rotatable bonds is 4. The number of hydrogen-bond acceptors (Lipinski definition) is 4. The second-order valence-electron chi connectivity index (χ2n) is 3.23. The first-order chi connectivity index (χ1) is 10.4. The van der Waals surface area contributed by atoms with Gasteiger partial charge >= 0.3 is 5.97 Å². The summed E-state index contributed by atoms with van der Waals surface area (Å²) in [5, 5.41) is 9.11. The fourth-order valence-electron chi connectivity index (χ4n) is 1.04. The van der Waals surface area contributed by atoms with Crippen molar-refractivity contribution in [3.05, 3.63) is 29.8 Å². The van der Waals surface area contributed by atoms with Gasteiger partial charge in [0.1, 0.15) is 5.75 Å². The second kappa shape index (κ2) is 5.89. The van der Waals surface area contributed by atoms with Crippen LogP contribution in [0.3, 0.4) is 0 Å². The molecule has 1 N–H and O–H groups in total. The summed E-state index contributed by atoms with van der Waals surface area (Å²) in [4.78, 5) is 23.1. The van der Waals surface area contributed by atoms with E-state index in [1.807, 2.05) is 0 Å². The molecule has 0 aliphatic rings. The summed E-state index contributed by atoms with van der Waals surface area (Å²) in [7, 11) is 0. The number of ether oxygens (including phenoxy) is 1. The number of phenolic OH excluding ortho intramolecular Hbond substituents is 1. The number of aromatic hydroxyl groups is 1. The van der Waals surface area contributed by atoms with Crippen molar-refractivity contribution in [2.75, 3.05) is 20.6 Å². The number of hydrogen-bond donors (Lipinski definition) is 1. The number of benzene rings is 1. The van der Waals surface area contributed by atoms with E-state index in [1.54, 1.807) is 0 Å². The molecule has 0 aliphatic carbocycles. The van der Waals surface area contributed by atoms with Gasteiger partial charge < -0.3 is 14.7 Å². The maximum Gasteiger partial charge on any atom is 0.310 e. The van der Waals surface area contributed by atoms with Crippen molar-refractivity contribution in [2.45, 2.75) is 6.42 Å². The van der Waals surface area contributed by atoms with Crippen LogP contribution in [0.15, 0.2) is 24.3 Å². The Hall–Kier alpha value is -2.04. The van der Waals surface area contributed by atoms with Gasteiger partial charge in [-0.1, -0.05) is 12.1 Å². The molecule has 5 heteroatoms. The van der Waals surface area contributed by atoms with Crippen molar-refractivity contribution in [2.24, 2.45) is 0 Å². The van der Waals surface area contributed by atoms with Crippen LogP contribution in [0.4, 0.5) is 0 Å². The first kappa shape index (κ1) is 6.64. The Kier molecular flexibility index (Phi) is 2.30. The molecule has 0 heterocycles. The topological polar surface area (TPSA) is 66.8 Å². The van der Waals surface area contributed by atoms with E-state index < -0.39 is 32.4 Å². The minimum absolute atomic E-state index is 0.0169. The van der Waals surface area contributed by atoms with Crippen molar-refractivity contribution in [3.8, 4) is 5.75 Å². The van der Waals surface area contributed by atoms with Gasteiger partial charge in [-0.05, 0) is 17.7 Å². The molecule has 0 unspecified atom stereocenters. The Morgan fingerprint density at radius 1 is 1.35 bits per heavy atom. The van der Waals surface area contributed by atoms with Crippen molar-refractivity contribution in [1.82, 2.24) is 4.90 Å². The lowest BCUT2D eigenvalue weighted by Crippen LogP contribution is -2.27. The highest BCUT2D eigenvalue weighted by Gasteiger charge is 2.09. The first-order valence-electron chi connectivity index (χ1n) is 7.68. The highest BCUT2D eigenvalue weighted by molar-refractivity contribution is 5.80. The van der Waals surface area contributed by atoms with E-state index in [0.29, 0.717) is 5.56 Å². The van der Waals surface area contributed by atoms with Crippen LogP contribution in [-0.4, -0.2) is 42.4 Å². The Morgan fingerprint density at radius 3 is 2.59 bits per heavy atom. The van der Waals surface area contributed by atoms with Gasteiger partial charge in [-0.15, -0.1) is 0 Å². The molecule has 0 atom stereocenters. The van der Waals surface area contributed by atoms with Gasteiger partial charge in [0.25, 0.3) is 5.91 Å². The van der Waals surface area contributed by atoms with Crippen LogP contribution in [0.2, 0.25) is 0 Å². The lowest BCUT2D eigenvalue weighted by Gasteiger charge is -2.10. The third-order valence-corrected chi connectivity index (χ3v) is 1.89. The summed E-state index contributed by atoms with van der Waals surface area (Å²) >= 11 is 0. The van der Waals surface area contributed by atoms with Gasteiger partial charge in [-0.25, -0.2) is 0 Å². The molecule has 92 valence electrons. The van der Waals surface area contributed by atoms with E-state index >= 15 is 0 Å². The molecule has 0 radical (unpaired) electrons. The summed E-state index contributed by atoms with van der Waals surface area (Å²) in [5.74, 6) is -2.16. The van der Waals surface area contributed by atoms with Crippen LogP contribution >= 0.6 is 0 Å². The molecule has 5 nitrogen and oxygen atoms in total. The third-order valence-electron chi connectivity index (χ3n) is 1.89. The van der Waals surface area contributed by atoms with Crippen LogP contribution in [0.1, 0.15) is 13.8 Å². The van der Waals surface area contributed by atoms with E-state index in [9.17, 15) is 9.59 Å². The number of carbonyl (C=O) groups excluding carboxylic acids is 2. The molecule has 0 spiro atoms. The van der Waals surface area contributed by atoms with Crippen LogP contribution in [0.25, 0.3) is 0 Å². The molecular weight excluding hydrogens is 222 g/mol. The molecule has 0 saturated carbocycles. The van der Waals surface area contributed by atoms with E-state index in [-0.39, 0.29) is 17.1 Å². The first-order valence-corrected chi connectivity index (χ1v) is 4.68. The maximum atomic E-state index is 11.7. The molecule has 0 saturated heterocycles. The molecule has 0 bridgehead atoms. The Morgan fingerprint density at radius 2 is 2.00 bits per heavy atom. The van der Waals surface area contributed by atoms with Crippen LogP contribution in [-0.2, 0) is 20.7 Å². The molecule has 1 amide bonds. The minimum Gasteiger partial charge on any atom is -0.508 e. The largest absolute Gasteiger partial charge is 0.508 e. The third kappa shape index (κ3) is 4.55. The molecule has 0 aromatic heterocycles. The van der Waals surface area contributed by atoms with Gasteiger partial charge in [-0.3, -0.25) is 9.59 Å². The van der Waals surface area contributed by atoms with E-state index in [0.717, 1.165) is 0 Å². The fraction of sp³-hybridized carbons (Fsp3) is 0.333. The lowest BCUT2D eigenvalue weighted by molar-refractivity contribution is -0.150. The van der Waals surface area contributed by atoms with Gasteiger partial charge in [0.15, 0.2) is 6.61 Å². The van der Waals surface area contributed by atoms with Crippen molar-refractivity contribution in [3.63, 3.8) is 0 Å². The van der Waals surface area contributed by atoms with Crippen molar-refractivity contribution in [1.29, 1.82) is 0 Å². The highest BCUT2D eigenvalue weighted by Crippen LogP contribution is 2.10. The monoisotopic (exact) mass is 243 g/mol. The standard InChI is InChI=1S/C12H15NO4/c1-13(2)11(15)8-17-12(16)7-9-3-5-10(14)6-4-9/h3-6,14H,7-8H2,1-2H3/i1D3,2D3. The second-order valence-corrected chi connectivity index (χ2v) is 3.23. The van der Waals surface area contributed by atoms with Crippen molar-refractivity contribution >= 4 is 11.9 Å². The zero-order valence-corrected chi connectivity index (χ0v) is 8.84. The normalized spacial score (nSPS) is 16.5. The Balaban J connectivity index is 2.63. The summed E-state index contributed by atoms with van der Waals surface area (Å²) < 4.78 is 47.1. The molecule has 0 fully saturated rings. The summed E-state index contributed by atoms with van der Waals surface area (Å²) in [6, 6.07) is 5.66. The van der Waals surface area contributed by atoms with Gasteiger partial charge in [-0.2, -0.15) is 0 Å². The van der Waals surface area contributed by atoms with E-state index in [2.05, 4.69) is 4.74 Å². The maximum absolute atomic E-state index is 11.7. The molecule has 1 rings (SSSR count). The molecule has 1 aromatic rings. The van der Waals surface area contributed by atoms with Crippen molar-refractivity contribution < 1.29 is 27.7 Å². The van der Waals surface area contributed by atoms with Gasteiger partial charge in [0.2, 0.25) is 0 Å². The Labute approximate surface area is 108 Å². The van der Waals surface area contributed by atoms with Gasteiger partial charge in [0.05, 0.1) is 6.42 Å². The quantitative estimate of drug-likeness (QED) is 0.785. The minimum atomic E-state index is -3.17. The summed E-state index contributed by atoms with van der Waals surface area (Å²) in [5.41, 5.74) is 0.503. The fourth-order valence-corrected chi connectivity index (χ4v) is 1.04. The van der Waals surface area contributed by atoms with Crippen LogP contribution in [0.5, 0.6) is 5.75 Å². The predicted octanol–water partition coefficient (Wildman–Crippen LogP) is 0.566. The average Bonchev–Trinajstić information content (AvgIpc) is 2.36. The highest BCUT2D eigenvalue weighted by atomic mass is 16.5. The number of nitrogens with zero attached hydrogens (tertiary/aromatic N) is 1. The van der Waals surface area contributed by atoms with Gasteiger partial charge in [0, 0.05) is 22.2 Å². The van der Waals surface area contributed by atoms with Crippen LogP contribution in [0, 0.1) is 0 Å². The number of amides is 1. The summed E-state index contributed by atoms with van der Waals surface area (Å²) in [6.45, 7) is -7.34. The Bertz CT molecular complexity index is 552. The number of phenols is 1. The summed E-state index contributed by atoms with van der Waals surface area (Å²) in [6.07, 6.45) is -0.213. The van der Waals surface area contributed by atoms with E-state index in [4.69, 9.17) is 13.3 Å². The smallest absolute Gasteiger partial charge is 0.310 e. The zero-order chi connectivity index (χ0) is 17.8. The number of likely N-dealkylation sites (N-methyl/N-ethyl adjacent to an activating group) is 1.